The lowest BCUT2D eigenvalue weighted by Gasteiger charge is -2.23. The van der Waals surface area contributed by atoms with E-state index < -0.39 is 0 Å². The Morgan fingerprint density at radius 3 is 3.00 bits per heavy atom. The normalized spacial score (nSPS) is 21.0. The SMILES string of the molecule is Cl.O=C(CC1COCCN1)Nc1ccc2nc(C3CC3)oc2c1. The van der Waals surface area contributed by atoms with Gasteiger partial charge in [-0.25, -0.2) is 4.98 Å². The number of aromatic nitrogens is 1. The van der Waals surface area contributed by atoms with Crippen LogP contribution < -0.4 is 10.6 Å². The summed E-state index contributed by atoms with van der Waals surface area (Å²) < 4.78 is 11.1. The van der Waals surface area contributed by atoms with E-state index in [9.17, 15) is 4.79 Å². The number of ether oxygens (including phenoxy) is 1. The maximum Gasteiger partial charge on any atom is 0.226 e. The topological polar surface area (TPSA) is 76.4 Å². The van der Waals surface area contributed by atoms with Gasteiger partial charge in [-0.1, -0.05) is 0 Å². The number of halogens is 1. The highest BCUT2D eigenvalue weighted by Gasteiger charge is 2.28. The molecule has 0 radical (unpaired) electrons. The van der Waals surface area contributed by atoms with Crippen LogP contribution in [0.15, 0.2) is 22.6 Å². The molecule has 0 bridgehead atoms. The first-order valence-corrected chi connectivity index (χ1v) is 7.79. The molecule has 1 unspecified atom stereocenters. The Balaban J connectivity index is 0.00000156. The molecule has 1 aliphatic carbocycles. The van der Waals surface area contributed by atoms with E-state index in [0.29, 0.717) is 25.6 Å². The number of hydrogen-bond acceptors (Lipinski definition) is 5. The lowest BCUT2D eigenvalue weighted by Crippen LogP contribution is -2.43. The molecule has 1 aromatic carbocycles. The van der Waals surface area contributed by atoms with Crippen LogP contribution in [-0.2, 0) is 9.53 Å². The van der Waals surface area contributed by atoms with Gasteiger partial charge in [-0.2, -0.15) is 0 Å². The molecule has 2 N–H and O–H groups in total. The van der Waals surface area contributed by atoms with Gasteiger partial charge < -0.3 is 19.8 Å². The minimum absolute atomic E-state index is 0. The monoisotopic (exact) mass is 337 g/mol. The van der Waals surface area contributed by atoms with E-state index in [0.717, 1.165) is 42.1 Å². The first kappa shape index (κ1) is 16.2. The van der Waals surface area contributed by atoms with Crippen molar-refractivity contribution in [3.05, 3.63) is 24.1 Å². The minimum Gasteiger partial charge on any atom is -0.440 e. The third-order valence-corrected chi connectivity index (χ3v) is 4.05. The van der Waals surface area contributed by atoms with Crippen molar-refractivity contribution >= 4 is 35.1 Å². The zero-order chi connectivity index (χ0) is 14.9. The van der Waals surface area contributed by atoms with Crippen LogP contribution in [-0.4, -0.2) is 36.7 Å². The molecule has 6 nitrogen and oxygen atoms in total. The van der Waals surface area contributed by atoms with Gasteiger partial charge in [0.1, 0.15) is 5.52 Å². The number of carbonyl (C=O) groups is 1. The lowest BCUT2D eigenvalue weighted by molar-refractivity contribution is -0.117. The minimum atomic E-state index is -0.0238. The quantitative estimate of drug-likeness (QED) is 0.896. The molecule has 4 rings (SSSR count). The van der Waals surface area contributed by atoms with Crippen molar-refractivity contribution < 1.29 is 13.9 Å². The van der Waals surface area contributed by atoms with Crippen molar-refractivity contribution in [2.24, 2.45) is 0 Å². The van der Waals surface area contributed by atoms with Gasteiger partial charge in [0.25, 0.3) is 0 Å². The molecule has 1 amide bonds. The van der Waals surface area contributed by atoms with E-state index in [4.69, 9.17) is 9.15 Å². The summed E-state index contributed by atoms with van der Waals surface area (Å²) in [5.41, 5.74) is 2.33. The molecular weight excluding hydrogens is 318 g/mol. The Morgan fingerprint density at radius 2 is 2.26 bits per heavy atom. The smallest absolute Gasteiger partial charge is 0.226 e. The number of morpholine rings is 1. The summed E-state index contributed by atoms with van der Waals surface area (Å²) in [6, 6.07) is 5.69. The zero-order valence-corrected chi connectivity index (χ0v) is 13.5. The van der Waals surface area contributed by atoms with Crippen molar-refractivity contribution in [1.29, 1.82) is 0 Å². The summed E-state index contributed by atoms with van der Waals surface area (Å²) in [6.45, 7) is 2.09. The fourth-order valence-electron chi connectivity index (χ4n) is 2.71. The van der Waals surface area contributed by atoms with Crippen LogP contribution in [0.5, 0.6) is 0 Å². The fourth-order valence-corrected chi connectivity index (χ4v) is 2.71. The lowest BCUT2D eigenvalue weighted by atomic mass is 10.2. The predicted molar refractivity (Wildman–Crippen MR) is 89.1 cm³/mol. The van der Waals surface area contributed by atoms with Crippen LogP contribution in [0.1, 0.15) is 31.1 Å². The molecule has 2 aliphatic rings. The molecule has 1 aromatic heterocycles. The molecule has 2 aromatic rings. The summed E-state index contributed by atoms with van der Waals surface area (Å²) >= 11 is 0. The Kier molecular flexibility index (Phi) is 4.84. The Bertz CT molecular complexity index is 693. The highest BCUT2D eigenvalue weighted by molar-refractivity contribution is 5.93. The van der Waals surface area contributed by atoms with E-state index in [2.05, 4.69) is 15.6 Å². The second-order valence-electron chi connectivity index (χ2n) is 5.99. The van der Waals surface area contributed by atoms with Crippen molar-refractivity contribution in [2.75, 3.05) is 25.1 Å². The second-order valence-corrected chi connectivity index (χ2v) is 5.99. The number of rotatable bonds is 4. The maximum absolute atomic E-state index is 12.1. The third kappa shape index (κ3) is 3.83. The number of nitrogens with one attached hydrogen (secondary N) is 2. The average molecular weight is 338 g/mol. The van der Waals surface area contributed by atoms with Crippen LogP contribution in [0, 0.1) is 0 Å². The Labute approximate surface area is 140 Å². The largest absolute Gasteiger partial charge is 0.440 e. The number of anilines is 1. The van der Waals surface area contributed by atoms with Gasteiger partial charge in [0.05, 0.1) is 13.2 Å². The van der Waals surface area contributed by atoms with Crippen molar-refractivity contribution in [3.8, 4) is 0 Å². The van der Waals surface area contributed by atoms with E-state index >= 15 is 0 Å². The molecule has 2 fully saturated rings. The van der Waals surface area contributed by atoms with Crippen LogP contribution in [0.2, 0.25) is 0 Å². The van der Waals surface area contributed by atoms with Crippen LogP contribution in [0.4, 0.5) is 5.69 Å². The average Bonchev–Trinajstić information content (AvgIpc) is 3.28. The van der Waals surface area contributed by atoms with Crippen LogP contribution in [0.3, 0.4) is 0 Å². The molecule has 23 heavy (non-hydrogen) atoms. The van der Waals surface area contributed by atoms with Crippen molar-refractivity contribution in [1.82, 2.24) is 10.3 Å². The van der Waals surface area contributed by atoms with Gasteiger partial charge in [0.15, 0.2) is 11.5 Å². The number of fused-ring (bicyclic) bond motifs is 1. The van der Waals surface area contributed by atoms with Gasteiger partial charge in [-0.3, -0.25) is 4.79 Å². The second kappa shape index (κ2) is 6.86. The summed E-state index contributed by atoms with van der Waals surface area (Å²) in [5.74, 6) is 1.29. The van der Waals surface area contributed by atoms with Gasteiger partial charge >= 0.3 is 0 Å². The number of nitrogens with zero attached hydrogens (tertiary/aromatic N) is 1. The number of amides is 1. The van der Waals surface area contributed by atoms with Crippen LogP contribution in [0.25, 0.3) is 11.1 Å². The molecule has 1 saturated heterocycles. The molecule has 2 heterocycles. The summed E-state index contributed by atoms with van der Waals surface area (Å²) in [4.78, 5) is 16.6. The molecule has 1 atom stereocenters. The van der Waals surface area contributed by atoms with Gasteiger partial charge in [0, 0.05) is 36.7 Å². The number of carbonyl (C=O) groups excluding carboxylic acids is 1. The zero-order valence-electron chi connectivity index (χ0n) is 12.7. The van der Waals surface area contributed by atoms with Crippen LogP contribution >= 0.6 is 12.4 Å². The summed E-state index contributed by atoms with van der Waals surface area (Å²) in [7, 11) is 0. The van der Waals surface area contributed by atoms with E-state index in [-0.39, 0.29) is 24.4 Å². The summed E-state index contributed by atoms with van der Waals surface area (Å²) in [5, 5.41) is 6.19. The van der Waals surface area contributed by atoms with E-state index in [1.54, 1.807) is 0 Å². The molecule has 7 heteroatoms. The van der Waals surface area contributed by atoms with Gasteiger partial charge in [-0.05, 0) is 25.0 Å². The molecule has 124 valence electrons. The first-order valence-electron chi connectivity index (χ1n) is 7.79. The molecule has 1 aliphatic heterocycles. The number of oxazole rings is 1. The highest BCUT2D eigenvalue weighted by atomic mass is 35.5. The molecular formula is C16H20ClN3O3. The Morgan fingerprint density at radius 1 is 1.39 bits per heavy atom. The fraction of sp³-hybridized carbons (Fsp3) is 0.500. The standard InChI is InChI=1S/C16H19N3O3.ClH/c20-15(8-12-9-21-6-5-17-12)18-11-3-4-13-14(7-11)22-16(19-13)10-1-2-10;/h3-4,7,10,12,17H,1-2,5-6,8-9H2,(H,18,20);1H. The van der Waals surface area contributed by atoms with E-state index in [1.807, 2.05) is 18.2 Å². The first-order chi connectivity index (χ1) is 10.8. The maximum atomic E-state index is 12.1. The van der Waals surface area contributed by atoms with Crippen molar-refractivity contribution in [2.45, 2.75) is 31.2 Å². The summed E-state index contributed by atoms with van der Waals surface area (Å²) in [6.07, 6.45) is 2.72. The highest BCUT2D eigenvalue weighted by Crippen LogP contribution is 2.40. The Hall–Kier alpha value is -1.63. The third-order valence-electron chi connectivity index (χ3n) is 4.05. The molecule has 0 spiro atoms. The van der Waals surface area contributed by atoms with Crippen molar-refractivity contribution in [3.63, 3.8) is 0 Å². The number of benzene rings is 1. The van der Waals surface area contributed by atoms with Gasteiger partial charge in [-0.15, -0.1) is 12.4 Å². The molecule has 1 saturated carbocycles. The number of hydrogen-bond donors (Lipinski definition) is 2. The predicted octanol–water partition coefficient (Wildman–Crippen LogP) is 2.44. The van der Waals surface area contributed by atoms with E-state index in [1.165, 1.54) is 0 Å². The van der Waals surface area contributed by atoms with Gasteiger partial charge in [0.2, 0.25) is 5.91 Å².